The third-order valence-corrected chi connectivity index (χ3v) is 3.26. The Morgan fingerprint density at radius 3 is 2.32 bits per heavy atom. The molecule has 2 heteroatoms. The van der Waals surface area contributed by atoms with Crippen LogP contribution in [0.2, 0.25) is 0 Å². The average molecular weight is 255 g/mol. The number of rotatable bonds is 3. The summed E-state index contributed by atoms with van der Waals surface area (Å²) in [6.45, 7) is 8.41. The summed E-state index contributed by atoms with van der Waals surface area (Å²) in [5, 5.41) is 0. The molecule has 2 aromatic carbocycles. The van der Waals surface area contributed by atoms with E-state index in [1.165, 1.54) is 5.56 Å². The van der Waals surface area contributed by atoms with E-state index in [0.29, 0.717) is 11.6 Å². The molecular formula is C17H21NO. The predicted octanol–water partition coefficient (Wildman–Crippen LogP) is 4.80. The van der Waals surface area contributed by atoms with E-state index in [4.69, 9.17) is 10.5 Å². The summed E-state index contributed by atoms with van der Waals surface area (Å²) in [5.74, 6) is 2.08. The first-order valence-electron chi connectivity index (χ1n) is 6.62. The molecule has 0 heterocycles. The van der Waals surface area contributed by atoms with E-state index in [-0.39, 0.29) is 0 Å². The van der Waals surface area contributed by atoms with Crippen LogP contribution in [-0.4, -0.2) is 0 Å². The maximum Gasteiger partial charge on any atom is 0.150 e. The van der Waals surface area contributed by atoms with E-state index in [2.05, 4.69) is 32.0 Å². The molecule has 0 unspecified atom stereocenters. The smallest absolute Gasteiger partial charge is 0.150 e. The molecule has 0 fully saturated rings. The quantitative estimate of drug-likeness (QED) is 0.799. The number of ether oxygens (including phenoxy) is 1. The lowest BCUT2D eigenvalue weighted by atomic mass is 10.0. The lowest BCUT2D eigenvalue weighted by molar-refractivity contribution is 0.480. The second-order valence-electron chi connectivity index (χ2n) is 5.32. The molecule has 19 heavy (non-hydrogen) atoms. The van der Waals surface area contributed by atoms with Gasteiger partial charge in [0.2, 0.25) is 0 Å². The van der Waals surface area contributed by atoms with Gasteiger partial charge in [0, 0.05) is 0 Å². The van der Waals surface area contributed by atoms with Crippen molar-refractivity contribution in [2.75, 3.05) is 5.73 Å². The van der Waals surface area contributed by atoms with E-state index in [1.54, 1.807) is 0 Å². The van der Waals surface area contributed by atoms with E-state index in [9.17, 15) is 0 Å². The summed E-state index contributed by atoms with van der Waals surface area (Å²) >= 11 is 0. The topological polar surface area (TPSA) is 35.2 Å². The largest absolute Gasteiger partial charge is 0.455 e. The molecule has 2 aromatic rings. The van der Waals surface area contributed by atoms with Crippen molar-refractivity contribution in [1.29, 1.82) is 0 Å². The van der Waals surface area contributed by atoms with E-state index in [0.717, 1.165) is 22.6 Å². The average Bonchev–Trinajstić information content (AvgIpc) is 2.34. The van der Waals surface area contributed by atoms with Crippen molar-refractivity contribution in [3.05, 3.63) is 53.1 Å². The van der Waals surface area contributed by atoms with Gasteiger partial charge in [0.1, 0.15) is 11.5 Å². The Balaban J connectivity index is 2.34. The van der Waals surface area contributed by atoms with Crippen LogP contribution < -0.4 is 10.5 Å². The number of hydrogen-bond acceptors (Lipinski definition) is 2. The fourth-order valence-electron chi connectivity index (χ4n) is 1.97. The van der Waals surface area contributed by atoms with E-state index in [1.807, 2.05) is 32.0 Å². The van der Waals surface area contributed by atoms with Crippen LogP contribution in [-0.2, 0) is 0 Å². The van der Waals surface area contributed by atoms with Gasteiger partial charge in [-0.1, -0.05) is 32.0 Å². The Kier molecular flexibility index (Phi) is 3.79. The van der Waals surface area contributed by atoms with Gasteiger partial charge >= 0.3 is 0 Å². The molecule has 2 nitrogen and oxygen atoms in total. The summed E-state index contributed by atoms with van der Waals surface area (Å²) in [6.07, 6.45) is 0. The molecule has 0 atom stereocenters. The van der Waals surface area contributed by atoms with Crippen LogP contribution in [0.1, 0.15) is 36.5 Å². The number of nitrogen functional groups attached to an aromatic ring is 1. The third-order valence-electron chi connectivity index (χ3n) is 3.26. The van der Waals surface area contributed by atoms with Crippen molar-refractivity contribution in [2.24, 2.45) is 0 Å². The zero-order valence-corrected chi connectivity index (χ0v) is 12.0. The molecule has 0 spiro atoms. The minimum Gasteiger partial charge on any atom is -0.455 e. The van der Waals surface area contributed by atoms with Crippen molar-refractivity contribution >= 4 is 5.69 Å². The molecular weight excluding hydrogens is 234 g/mol. The first-order valence-corrected chi connectivity index (χ1v) is 6.62. The SMILES string of the molecule is Cc1ccc(Oc2cc(C(C)C)ccc2C)c(N)c1. The Morgan fingerprint density at radius 2 is 1.68 bits per heavy atom. The molecule has 2 N–H and O–H groups in total. The molecule has 0 aliphatic heterocycles. The lowest BCUT2D eigenvalue weighted by Crippen LogP contribution is -1.96. The number of aryl methyl sites for hydroxylation is 2. The van der Waals surface area contributed by atoms with Gasteiger partial charge in [0.25, 0.3) is 0 Å². The van der Waals surface area contributed by atoms with Crippen molar-refractivity contribution in [3.8, 4) is 11.5 Å². The van der Waals surface area contributed by atoms with Gasteiger partial charge in [-0.3, -0.25) is 0 Å². The maximum absolute atomic E-state index is 5.99. The molecule has 2 rings (SSSR count). The second-order valence-corrected chi connectivity index (χ2v) is 5.32. The molecule has 0 radical (unpaired) electrons. The summed E-state index contributed by atoms with van der Waals surface area (Å²) in [7, 11) is 0. The van der Waals surface area contributed by atoms with Crippen molar-refractivity contribution in [2.45, 2.75) is 33.6 Å². The molecule has 0 aromatic heterocycles. The zero-order valence-electron chi connectivity index (χ0n) is 12.0. The molecule has 0 saturated carbocycles. The van der Waals surface area contributed by atoms with Crippen molar-refractivity contribution in [1.82, 2.24) is 0 Å². The van der Waals surface area contributed by atoms with Gasteiger partial charge in [-0.25, -0.2) is 0 Å². The number of anilines is 1. The molecule has 0 aliphatic carbocycles. The summed E-state index contributed by atoms with van der Waals surface area (Å²) in [4.78, 5) is 0. The molecule has 0 saturated heterocycles. The standard InChI is InChI=1S/C17H21NO/c1-11(2)14-7-6-13(4)17(10-14)19-16-8-5-12(3)9-15(16)18/h5-11H,18H2,1-4H3. The van der Waals surface area contributed by atoms with Crippen LogP contribution in [0.3, 0.4) is 0 Å². The Hall–Kier alpha value is -1.96. The molecule has 100 valence electrons. The highest BCUT2D eigenvalue weighted by Crippen LogP contribution is 2.32. The van der Waals surface area contributed by atoms with E-state index < -0.39 is 0 Å². The van der Waals surface area contributed by atoms with Crippen molar-refractivity contribution < 1.29 is 4.74 Å². The fourth-order valence-corrected chi connectivity index (χ4v) is 1.97. The normalized spacial score (nSPS) is 10.8. The highest BCUT2D eigenvalue weighted by Gasteiger charge is 2.08. The third kappa shape index (κ3) is 3.08. The zero-order chi connectivity index (χ0) is 14.0. The van der Waals surface area contributed by atoms with Crippen LogP contribution in [0, 0.1) is 13.8 Å². The fraction of sp³-hybridized carbons (Fsp3) is 0.294. The minimum atomic E-state index is 0.485. The van der Waals surface area contributed by atoms with E-state index >= 15 is 0 Å². The number of nitrogens with two attached hydrogens (primary N) is 1. The monoisotopic (exact) mass is 255 g/mol. The highest BCUT2D eigenvalue weighted by atomic mass is 16.5. The predicted molar refractivity (Wildman–Crippen MR) is 80.9 cm³/mol. The van der Waals surface area contributed by atoms with Gasteiger partial charge < -0.3 is 10.5 Å². The molecule has 0 aliphatic rings. The maximum atomic E-state index is 5.99. The Bertz CT molecular complexity index is 588. The first-order chi connectivity index (χ1) is 8.97. The summed E-state index contributed by atoms with van der Waals surface area (Å²) < 4.78 is 5.96. The molecule has 0 amide bonds. The van der Waals surface area contributed by atoms with Gasteiger partial charge in [-0.05, 0) is 54.7 Å². The van der Waals surface area contributed by atoms with Crippen LogP contribution in [0.25, 0.3) is 0 Å². The number of hydrogen-bond donors (Lipinski definition) is 1. The van der Waals surface area contributed by atoms with Gasteiger partial charge in [-0.15, -0.1) is 0 Å². The van der Waals surface area contributed by atoms with Crippen LogP contribution in [0.15, 0.2) is 36.4 Å². The second kappa shape index (κ2) is 5.35. The Labute approximate surface area is 115 Å². The van der Waals surface area contributed by atoms with Gasteiger partial charge in [-0.2, -0.15) is 0 Å². The number of benzene rings is 2. The van der Waals surface area contributed by atoms with Gasteiger partial charge in [0.15, 0.2) is 0 Å². The lowest BCUT2D eigenvalue weighted by Gasteiger charge is -2.14. The highest BCUT2D eigenvalue weighted by molar-refractivity contribution is 5.56. The van der Waals surface area contributed by atoms with Gasteiger partial charge in [0.05, 0.1) is 5.69 Å². The Morgan fingerprint density at radius 1 is 0.947 bits per heavy atom. The van der Waals surface area contributed by atoms with Crippen LogP contribution in [0.5, 0.6) is 11.5 Å². The molecule has 0 bridgehead atoms. The van der Waals surface area contributed by atoms with Crippen LogP contribution >= 0.6 is 0 Å². The first kappa shape index (κ1) is 13.5. The minimum absolute atomic E-state index is 0.485. The van der Waals surface area contributed by atoms with Crippen LogP contribution in [0.4, 0.5) is 5.69 Å². The summed E-state index contributed by atoms with van der Waals surface area (Å²) in [5.41, 5.74) is 10.2. The summed E-state index contributed by atoms with van der Waals surface area (Å²) in [6, 6.07) is 12.2. The van der Waals surface area contributed by atoms with Crippen molar-refractivity contribution in [3.63, 3.8) is 0 Å².